The van der Waals surface area contributed by atoms with E-state index in [-0.39, 0.29) is 0 Å². The molecule has 0 N–H and O–H groups in total. The molecule has 0 amide bonds. The molecule has 0 aliphatic heterocycles. The highest BCUT2D eigenvalue weighted by atomic mass is 15.2. The molecule has 10 aromatic rings. The molecule has 0 aliphatic rings. The monoisotopic (exact) mass is 716 g/mol. The normalized spacial score (nSPS) is 11.4. The maximum absolute atomic E-state index is 2.47. The fourth-order valence-corrected chi connectivity index (χ4v) is 8.57. The van der Waals surface area contributed by atoms with E-state index in [1.807, 2.05) is 0 Å². The lowest BCUT2D eigenvalue weighted by molar-refractivity contribution is 1.24. The molecule has 0 heterocycles. The Kier molecular flexibility index (Phi) is 8.30. The summed E-state index contributed by atoms with van der Waals surface area (Å²) in [5, 5.41) is 7.48. The zero-order valence-corrected chi connectivity index (χ0v) is 31.5. The Morgan fingerprint density at radius 2 is 0.696 bits per heavy atom. The van der Waals surface area contributed by atoms with E-state index >= 15 is 0 Å². The van der Waals surface area contributed by atoms with E-state index in [0.29, 0.717) is 0 Å². The molecular weight excluding hydrogens is 677 g/mol. The molecule has 0 fully saturated rings. The van der Waals surface area contributed by atoms with Gasteiger partial charge in [-0.05, 0) is 118 Å². The van der Waals surface area contributed by atoms with Gasteiger partial charge in [0.1, 0.15) is 0 Å². The van der Waals surface area contributed by atoms with E-state index < -0.39 is 0 Å². The number of aryl methyl sites for hydroxylation is 2. The molecule has 2 nitrogen and oxygen atoms in total. The molecule has 0 spiro atoms. The standard InChI is InChI=1S/C54H40N2/c1-37-34-43(39-16-7-3-8-17-39)28-32-49(37)55(45-22-11-5-12-23-45)51-36-52(48-31-27-42-21-15-20-41-26-30-47(51)54(48)53(41)42)56(46-24-13-6-14-25-46)50-33-29-44(35-38(50)2)40-18-9-4-10-19-40/h3-36H,1-2H3. The quantitative estimate of drug-likeness (QED) is 0.144. The van der Waals surface area contributed by atoms with Crippen LogP contribution in [-0.4, -0.2) is 0 Å². The molecule has 56 heavy (non-hydrogen) atoms. The Hall–Kier alpha value is -7.16. The van der Waals surface area contributed by atoms with E-state index in [2.05, 4.69) is 230 Å². The smallest absolute Gasteiger partial charge is 0.0561 e. The molecular formula is C54H40N2. The Labute approximate surface area is 328 Å². The lowest BCUT2D eigenvalue weighted by atomic mass is 9.91. The summed E-state index contributed by atoms with van der Waals surface area (Å²) in [5.41, 5.74) is 14.0. The van der Waals surface area contributed by atoms with Crippen molar-refractivity contribution < 1.29 is 0 Å². The number of hydrogen-bond acceptors (Lipinski definition) is 2. The highest BCUT2D eigenvalue weighted by Gasteiger charge is 2.26. The minimum Gasteiger partial charge on any atom is -0.310 e. The van der Waals surface area contributed by atoms with Crippen LogP contribution in [0.3, 0.4) is 0 Å². The molecule has 0 atom stereocenters. The molecule has 0 saturated heterocycles. The first-order valence-electron chi connectivity index (χ1n) is 19.4. The summed E-state index contributed by atoms with van der Waals surface area (Å²) >= 11 is 0. The molecule has 0 radical (unpaired) electrons. The molecule has 0 bridgehead atoms. The van der Waals surface area contributed by atoms with Crippen molar-refractivity contribution in [2.45, 2.75) is 13.8 Å². The van der Waals surface area contributed by atoms with E-state index in [4.69, 9.17) is 0 Å². The van der Waals surface area contributed by atoms with Gasteiger partial charge in [-0.1, -0.05) is 152 Å². The predicted molar refractivity (Wildman–Crippen MR) is 240 cm³/mol. The third-order valence-corrected chi connectivity index (χ3v) is 11.2. The molecule has 0 saturated carbocycles. The zero-order valence-electron chi connectivity index (χ0n) is 31.5. The Balaban J connectivity index is 1.28. The van der Waals surface area contributed by atoms with Gasteiger partial charge in [-0.3, -0.25) is 0 Å². The first-order chi connectivity index (χ1) is 27.6. The second-order valence-corrected chi connectivity index (χ2v) is 14.7. The van der Waals surface area contributed by atoms with E-state index in [1.165, 1.54) is 65.7 Å². The second-order valence-electron chi connectivity index (χ2n) is 14.7. The van der Waals surface area contributed by atoms with Crippen LogP contribution in [0.5, 0.6) is 0 Å². The minimum absolute atomic E-state index is 1.11. The zero-order chi connectivity index (χ0) is 37.6. The van der Waals surface area contributed by atoms with E-state index in [0.717, 1.165) is 34.1 Å². The Bertz CT molecular complexity index is 2780. The largest absolute Gasteiger partial charge is 0.310 e. The van der Waals surface area contributed by atoms with Crippen LogP contribution in [0.15, 0.2) is 206 Å². The molecule has 10 aromatic carbocycles. The van der Waals surface area contributed by atoms with Crippen molar-refractivity contribution in [3.05, 3.63) is 217 Å². The van der Waals surface area contributed by atoms with Gasteiger partial charge in [0.25, 0.3) is 0 Å². The van der Waals surface area contributed by atoms with Gasteiger partial charge in [-0.2, -0.15) is 0 Å². The Morgan fingerprint density at radius 3 is 1.11 bits per heavy atom. The number of anilines is 6. The molecule has 0 aromatic heterocycles. The van der Waals surface area contributed by atoms with Crippen molar-refractivity contribution in [3.63, 3.8) is 0 Å². The third-order valence-electron chi connectivity index (χ3n) is 11.2. The summed E-state index contributed by atoms with van der Waals surface area (Å²) in [6.07, 6.45) is 0. The molecule has 0 aliphatic carbocycles. The van der Waals surface area contributed by atoms with Crippen LogP contribution >= 0.6 is 0 Å². The summed E-state index contributed by atoms with van der Waals surface area (Å²) in [6.45, 7) is 4.48. The van der Waals surface area contributed by atoms with Gasteiger partial charge in [0.05, 0.1) is 11.4 Å². The van der Waals surface area contributed by atoms with Crippen LogP contribution in [0.1, 0.15) is 11.1 Å². The van der Waals surface area contributed by atoms with Crippen molar-refractivity contribution in [2.75, 3.05) is 9.80 Å². The van der Waals surface area contributed by atoms with Gasteiger partial charge < -0.3 is 9.80 Å². The highest BCUT2D eigenvalue weighted by Crippen LogP contribution is 2.51. The number of para-hydroxylation sites is 2. The predicted octanol–water partition coefficient (Wildman–Crippen LogP) is 15.5. The highest BCUT2D eigenvalue weighted by molar-refractivity contribution is 6.29. The van der Waals surface area contributed by atoms with Crippen LogP contribution in [0.25, 0.3) is 54.6 Å². The van der Waals surface area contributed by atoms with Crippen molar-refractivity contribution in [1.29, 1.82) is 0 Å². The lowest BCUT2D eigenvalue weighted by Gasteiger charge is -2.33. The van der Waals surface area contributed by atoms with Crippen molar-refractivity contribution in [2.24, 2.45) is 0 Å². The van der Waals surface area contributed by atoms with E-state index in [1.54, 1.807) is 0 Å². The molecule has 2 heteroatoms. The van der Waals surface area contributed by atoms with E-state index in [9.17, 15) is 0 Å². The summed E-state index contributed by atoms with van der Waals surface area (Å²) < 4.78 is 0. The fourth-order valence-electron chi connectivity index (χ4n) is 8.57. The van der Waals surface area contributed by atoms with Crippen molar-refractivity contribution in [1.82, 2.24) is 0 Å². The van der Waals surface area contributed by atoms with Crippen LogP contribution in [-0.2, 0) is 0 Å². The molecule has 10 rings (SSSR count). The summed E-state index contributed by atoms with van der Waals surface area (Å²) in [5.74, 6) is 0. The summed E-state index contributed by atoms with van der Waals surface area (Å²) in [7, 11) is 0. The van der Waals surface area contributed by atoms with Gasteiger partial charge in [-0.25, -0.2) is 0 Å². The SMILES string of the molecule is Cc1cc(-c2ccccc2)ccc1N(c1ccccc1)c1cc(N(c2ccccc2)c2ccc(-c3ccccc3)cc2C)c2ccc3cccc4ccc1c2c43. The Morgan fingerprint density at radius 1 is 0.286 bits per heavy atom. The van der Waals surface area contributed by atoms with Crippen LogP contribution in [0, 0.1) is 13.8 Å². The second kappa shape index (κ2) is 13.9. The number of rotatable bonds is 8. The van der Waals surface area contributed by atoms with Gasteiger partial charge in [0.15, 0.2) is 0 Å². The summed E-state index contributed by atoms with van der Waals surface area (Å²) in [4.78, 5) is 4.93. The van der Waals surface area contributed by atoms with Gasteiger partial charge in [-0.15, -0.1) is 0 Å². The lowest BCUT2D eigenvalue weighted by Crippen LogP contribution is -2.15. The average molecular weight is 717 g/mol. The van der Waals surface area contributed by atoms with Crippen LogP contribution in [0.2, 0.25) is 0 Å². The number of hydrogen-bond donors (Lipinski definition) is 0. The van der Waals surface area contributed by atoms with Gasteiger partial charge in [0, 0.05) is 38.9 Å². The van der Waals surface area contributed by atoms with Crippen LogP contribution < -0.4 is 9.80 Å². The maximum Gasteiger partial charge on any atom is 0.0561 e. The molecule has 0 unspecified atom stereocenters. The van der Waals surface area contributed by atoms with Crippen LogP contribution in [0.4, 0.5) is 34.1 Å². The first-order valence-corrected chi connectivity index (χ1v) is 19.4. The molecule has 266 valence electrons. The third kappa shape index (κ3) is 5.75. The average Bonchev–Trinajstić information content (AvgIpc) is 3.26. The van der Waals surface area contributed by atoms with Gasteiger partial charge >= 0.3 is 0 Å². The van der Waals surface area contributed by atoms with Crippen molar-refractivity contribution in [3.8, 4) is 22.3 Å². The van der Waals surface area contributed by atoms with Gasteiger partial charge in [0.2, 0.25) is 0 Å². The number of benzene rings is 10. The maximum atomic E-state index is 2.47. The topological polar surface area (TPSA) is 6.48 Å². The first kappa shape index (κ1) is 33.4. The van der Waals surface area contributed by atoms with Crippen molar-refractivity contribution >= 4 is 66.4 Å². The minimum atomic E-state index is 1.11. The summed E-state index contributed by atoms with van der Waals surface area (Å²) in [6, 6.07) is 75.1. The number of nitrogens with zero attached hydrogens (tertiary/aromatic N) is 2. The fraction of sp³-hybridized carbons (Fsp3) is 0.0370.